The lowest BCUT2D eigenvalue weighted by Gasteiger charge is -2.15. The Morgan fingerprint density at radius 2 is 2.00 bits per heavy atom. The number of hydrogen-bond donors (Lipinski definition) is 1. The lowest BCUT2D eigenvalue weighted by atomic mass is 9.99. The number of rotatable bonds is 6. The van der Waals surface area contributed by atoms with Crippen molar-refractivity contribution >= 4 is 0 Å². The Morgan fingerprint density at radius 3 is 2.56 bits per heavy atom. The fourth-order valence-corrected chi connectivity index (χ4v) is 2.29. The van der Waals surface area contributed by atoms with E-state index in [1.165, 1.54) is 0 Å². The van der Waals surface area contributed by atoms with Gasteiger partial charge in [-0.05, 0) is 39.0 Å². The summed E-state index contributed by atoms with van der Waals surface area (Å²) in [4.78, 5) is 4.45. The predicted octanol–water partition coefficient (Wildman–Crippen LogP) is 3.05. The summed E-state index contributed by atoms with van der Waals surface area (Å²) in [5.74, 6) is 1.44. The molecule has 1 N–H and O–H groups in total. The third-order valence-corrected chi connectivity index (χ3v) is 3.21. The van der Waals surface area contributed by atoms with E-state index in [-0.39, 0.29) is 6.10 Å². The molecule has 0 aliphatic heterocycles. The highest BCUT2D eigenvalue weighted by atomic mass is 16.5. The predicted molar refractivity (Wildman–Crippen MR) is 74.0 cm³/mol. The molecule has 0 saturated carbocycles. The van der Waals surface area contributed by atoms with Gasteiger partial charge in [0.05, 0.1) is 13.2 Å². The molecule has 0 aliphatic rings. The van der Waals surface area contributed by atoms with Crippen molar-refractivity contribution in [1.29, 1.82) is 0 Å². The topological polar surface area (TPSA) is 42.4 Å². The molecule has 0 aliphatic carbocycles. The van der Waals surface area contributed by atoms with Gasteiger partial charge in [-0.3, -0.25) is 4.98 Å². The summed E-state index contributed by atoms with van der Waals surface area (Å²) in [7, 11) is 1.69. The molecule has 3 nitrogen and oxygen atoms in total. The summed E-state index contributed by atoms with van der Waals surface area (Å²) in [5, 5.41) is 9.89. The van der Waals surface area contributed by atoms with E-state index in [1.807, 2.05) is 20.0 Å². The molecule has 1 rings (SSSR count). The van der Waals surface area contributed by atoms with Crippen molar-refractivity contribution in [3.05, 3.63) is 23.0 Å². The van der Waals surface area contributed by atoms with E-state index in [0.29, 0.717) is 5.92 Å². The molecule has 102 valence electrons. The number of methoxy groups -OCH3 is 1. The summed E-state index contributed by atoms with van der Waals surface area (Å²) < 4.78 is 5.39. The molecule has 1 heterocycles. The fourth-order valence-electron chi connectivity index (χ4n) is 2.29. The average molecular weight is 251 g/mol. The number of ether oxygens (including phenoxy) is 1. The van der Waals surface area contributed by atoms with E-state index < -0.39 is 0 Å². The van der Waals surface area contributed by atoms with Crippen molar-refractivity contribution in [2.24, 2.45) is 5.92 Å². The van der Waals surface area contributed by atoms with Crippen LogP contribution in [0.15, 0.2) is 6.20 Å². The molecule has 3 heteroatoms. The second kappa shape index (κ2) is 6.74. The minimum absolute atomic E-state index is 0.238. The number of hydrogen-bond acceptors (Lipinski definition) is 3. The van der Waals surface area contributed by atoms with Gasteiger partial charge in [-0.2, -0.15) is 0 Å². The second-order valence-corrected chi connectivity index (χ2v) is 5.37. The second-order valence-electron chi connectivity index (χ2n) is 5.37. The molecule has 0 fully saturated rings. The first-order valence-electron chi connectivity index (χ1n) is 6.62. The maximum absolute atomic E-state index is 9.89. The molecule has 1 aromatic heterocycles. The molecule has 1 unspecified atom stereocenters. The Hall–Kier alpha value is -1.09. The summed E-state index contributed by atoms with van der Waals surface area (Å²) in [5.41, 5.74) is 3.18. The van der Waals surface area contributed by atoms with Gasteiger partial charge in [0.1, 0.15) is 5.75 Å². The molecule has 0 saturated heterocycles. The Morgan fingerprint density at radius 1 is 1.33 bits per heavy atom. The first-order chi connectivity index (χ1) is 8.45. The molecule has 1 atom stereocenters. The van der Waals surface area contributed by atoms with Crippen molar-refractivity contribution in [3.63, 3.8) is 0 Å². The van der Waals surface area contributed by atoms with Gasteiger partial charge in [0.25, 0.3) is 0 Å². The molecule has 0 radical (unpaired) electrons. The van der Waals surface area contributed by atoms with E-state index in [9.17, 15) is 5.11 Å². The van der Waals surface area contributed by atoms with Gasteiger partial charge in [-0.15, -0.1) is 0 Å². The van der Waals surface area contributed by atoms with Crippen molar-refractivity contribution < 1.29 is 9.84 Å². The Labute approximate surface area is 110 Å². The molecule has 0 amide bonds. The highest BCUT2D eigenvalue weighted by Gasteiger charge is 2.12. The molecule has 18 heavy (non-hydrogen) atoms. The molecule has 0 spiro atoms. The van der Waals surface area contributed by atoms with Gasteiger partial charge in [0, 0.05) is 23.0 Å². The van der Waals surface area contributed by atoms with Gasteiger partial charge in [0.2, 0.25) is 0 Å². The standard InChI is InChI=1S/C15H25NO2/c1-10(2)8-13(17)6-7-14-12(4)15(18-5)11(3)9-16-14/h9-10,13,17H,6-8H2,1-5H3. The SMILES string of the molecule is COc1c(C)cnc(CCC(O)CC(C)C)c1C. The quantitative estimate of drug-likeness (QED) is 0.845. The highest BCUT2D eigenvalue weighted by Crippen LogP contribution is 2.25. The normalized spacial score (nSPS) is 12.8. The zero-order valence-electron chi connectivity index (χ0n) is 12.2. The fraction of sp³-hybridized carbons (Fsp3) is 0.667. The minimum atomic E-state index is -0.238. The van der Waals surface area contributed by atoms with Crippen LogP contribution < -0.4 is 4.74 Å². The van der Waals surface area contributed by atoms with Crippen LogP contribution in [0.5, 0.6) is 5.75 Å². The average Bonchev–Trinajstić information content (AvgIpc) is 2.27. The van der Waals surface area contributed by atoms with Crippen LogP contribution in [0.2, 0.25) is 0 Å². The van der Waals surface area contributed by atoms with Crippen LogP contribution in [-0.4, -0.2) is 23.3 Å². The molecular weight excluding hydrogens is 226 g/mol. The Kier molecular flexibility index (Phi) is 5.60. The largest absolute Gasteiger partial charge is 0.496 e. The lowest BCUT2D eigenvalue weighted by molar-refractivity contribution is 0.139. The van der Waals surface area contributed by atoms with Gasteiger partial charge in [-0.25, -0.2) is 0 Å². The zero-order chi connectivity index (χ0) is 13.7. The first kappa shape index (κ1) is 15.0. The Balaban J connectivity index is 2.68. The molecule has 0 bridgehead atoms. The van der Waals surface area contributed by atoms with Crippen LogP contribution >= 0.6 is 0 Å². The molecular formula is C15H25NO2. The van der Waals surface area contributed by atoms with E-state index in [0.717, 1.165) is 41.8 Å². The third kappa shape index (κ3) is 3.98. The van der Waals surface area contributed by atoms with Crippen LogP contribution in [0.1, 0.15) is 43.5 Å². The molecule has 1 aromatic rings. The summed E-state index contributed by atoms with van der Waals surface area (Å²) in [6.07, 6.45) is 4.02. The summed E-state index contributed by atoms with van der Waals surface area (Å²) in [6, 6.07) is 0. The number of aliphatic hydroxyl groups excluding tert-OH is 1. The van der Waals surface area contributed by atoms with Gasteiger partial charge < -0.3 is 9.84 Å². The van der Waals surface area contributed by atoms with Gasteiger partial charge >= 0.3 is 0 Å². The monoisotopic (exact) mass is 251 g/mol. The minimum Gasteiger partial charge on any atom is -0.496 e. The molecule has 0 aromatic carbocycles. The lowest BCUT2D eigenvalue weighted by Crippen LogP contribution is -2.12. The maximum Gasteiger partial charge on any atom is 0.128 e. The van der Waals surface area contributed by atoms with Gasteiger partial charge in [-0.1, -0.05) is 13.8 Å². The summed E-state index contributed by atoms with van der Waals surface area (Å²) in [6.45, 7) is 8.28. The number of aliphatic hydroxyl groups is 1. The van der Waals surface area contributed by atoms with Crippen molar-refractivity contribution in [2.75, 3.05) is 7.11 Å². The summed E-state index contributed by atoms with van der Waals surface area (Å²) >= 11 is 0. The number of aryl methyl sites for hydroxylation is 2. The van der Waals surface area contributed by atoms with Gasteiger partial charge in [0.15, 0.2) is 0 Å². The van der Waals surface area contributed by atoms with Crippen LogP contribution in [0, 0.1) is 19.8 Å². The third-order valence-electron chi connectivity index (χ3n) is 3.21. The van der Waals surface area contributed by atoms with Crippen LogP contribution in [0.3, 0.4) is 0 Å². The first-order valence-corrected chi connectivity index (χ1v) is 6.62. The van der Waals surface area contributed by atoms with E-state index >= 15 is 0 Å². The van der Waals surface area contributed by atoms with Crippen molar-refractivity contribution in [3.8, 4) is 5.75 Å². The van der Waals surface area contributed by atoms with E-state index in [4.69, 9.17) is 4.74 Å². The smallest absolute Gasteiger partial charge is 0.128 e. The van der Waals surface area contributed by atoms with Crippen molar-refractivity contribution in [1.82, 2.24) is 4.98 Å². The van der Waals surface area contributed by atoms with E-state index in [2.05, 4.69) is 18.8 Å². The number of aromatic nitrogens is 1. The van der Waals surface area contributed by atoms with E-state index in [1.54, 1.807) is 7.11 Å². The maximum atomic E-state index is 9.89. The van der Waals surface area contributed by atoms with Crippen LogP contribution in [0.25, 0.3) is 0 Å². The van der Waals surface area contributed by atoms with Crippen LogP contribution in [0.4, 0.5) is 0 Å². The van der Waals surface area contributed by atoms with Crippen LogP contribution in [-0.2, 0) is 6.42 Å². The number of pyridine rings is 1. The highest BCUT2D eigenvalue weighted by molar-refractivity contribution is 5.41. The number of nitrogens with zero attached hydrogens (tertiary/aromatic N) is 1. The van der Waals surface area contributed by atoms with Crippen molar-refractivity contribution in [2.45, 2.75) is 53.1 Å². The Bertz CT molecular complexity index is 388. The zero-order valence-corrected chi connectivity index (χ0v) is 12.2.